The molecule has 1 aliphatic heterocycles. The fourth-order valence-electron chi connectivity index (χ4n) is 2.30. The van der Waals surface area contributed by atoms with Gasteiger partial charge < -0.3 is 10.5 Å². The summed E-state index contributed by atoms with van der Waals surface area (Å²) in [4.78, 5) is 0.251. The smallest absolute Gasteiger partial charge is 0.243 e. The molecule has 1 fully saturated rings. The molecule has 2 N–H and O–H groups in total. The number of nitrogens with two attached hydrogens (primary N) is 1. The van der Waals surface area contributed by atoms with Crippen LogP contribution < -0.4 is 5.73 Å². The second-order valence-electron chi connectivity index (χ2n) is 5.48. The standard InChI is InChI=1S/C15H20N2O3S/c1-15(2)12-20-10-9-17(15)21(18,19)14-7-3-5-13(11-14)6-4-8-16/h3,5,7,11H,8-10,12,16H2,1-2H3. The topological polar surface area (TPSA) is 72.6 Å². The van der Waals surface area contributed by atoms with Crippen molar-refractivity contribution in [3.8, 4) is 11.8 Å². The van der Waals surface area contributed by atoms with E-state index in [1.54, 1.807) is 24.3 Å². The second kappa shape index (κ2) is 6.16. The number of sulfonamides is 1. The molecule has 0 aromatic heterocycles. The highest BCUT2D eigenvalue weighted by molar-refractivity contribution is 7.89. The minimum Gasteiger partial charge on any atom is -0.378 e. The summed E-state index contributed by atoms with van der Waals surface area (Å²) in [5.41, 5.74) is 5.43. The van der Waals surface area contributed by atoms with Gasteiger partial charge >= 0.3 is 0 Å². The minimum absolute atomic E-state index is 0.244. The van der Waals surface area contributed by atoms with Gasteiger partial charge in [0, 0.05) is 12.1 Å². The summed E-state index contributed by atoms with van der Waals surface area (Å²) >= 11 is 0. The molecule has 5 nitrogen and oxygen atoms in total. The first kappa shape index (κ1) is 16.0. The molecule has 0 bridgehead atoms. The number of hydrogen-bond acceptors (Lipinski definition) is 4. The van der Waals surface area contributed by atoms with E-state index in [-0.39, 0.29) is 11.4 Å². The summed E-state index contributed by atoms with van der Waals surface area (Å²) < 4.78 is 32.5. The normalized spacial score (nSPS) is 18.8. The molecule has 0 saturated carbocycles. The van der Waals surface area contributed by atoms with Crippen LogP contribution in [0.5, 0.6) is 0 Å². The Balaban J connectivity index is 2.39. The van der Waals surface area contributed by atoms with E-state index < -0.39 is 15.6 Å². The van der Waals surface area contributed by atoms with Gasteiger partial charge in [0.1, 0.15) is 0 Å². The molecule has 1 aromatic rings. The Morgan fingerprint density at radius 2 is 2.19 bits per heavy atom. The molecule has 0 radical (unpaired) electrons. The van der Waals surface area contributed by atoms with Crippen LogP contribution in [-0.2, 0) is 14.8 Å². The Labute approximate surface area is 126 Å². The van der Waals surface area contributed by atoms with E-state index in [2.05, 4.69) is 11.8 Å². The van der Waals surface area contributed by atoms with Crippen LogP contribution in [0.3, 0.4) is 0 Å². The maximum atomic E-state index is 12.8. The molecule has 1 saturated heterocycles. The summed E-state index contributed by atoms with van der Waals surface area (Å²) in [7, 11) is -3.56. The summed E-state index contributed by atoms with van der Waals surface area (Å²) in [6.07, 6.45) is 0. The summed E-state index contributed by atoms with van der Waals surface area (Å²) in [5.74, 6) is 5.59. The van der Waals surface area contributed by atoms with Crippen LogP contribution in [0.15, 0.2) is 29.2 Å². The van der Waals surface area contributed by atoms with E-state index in [1.807, 2.05) is 13.8 Å². The number of ether oxygens (including phenoxy) is 1. The monoisotopic (exact) mass is 308 g/mol. The van der Waals surface area contributed by atoms with Crippen molar-refractivity contribution < 1.29 is 13.2 Å². The first-order chi connectivity index (χ1) is 9.88. The number of morpholine rings is 1. The van der Waals surface area contributed by atoms with Gasteiger partial charge in [-0.1, -0.05) is 17.9 Å². The molecule has 0 unspecified atom stereocenters. The van der Waals surface area contributed by atoms with Gasteiger partial charge in [-0.05, 0) is 32.0 Å². The van der Waals surface area contributed by atoms with Gasteiger partial charge in [0.05, 0.1) is 30.2 Å². The lowest BCUT2D eigenvalue weighted by Crippen LogP contribution is -2.55. The molecular formula is C15H20N2O3S. The van der Waals surface area contributed by atoms with E-state index in [9.17, 15) is 8.42 Å². The van der Waals surface area contributed by atoms with Gasteiger partial charge in [0.2, 0.25) is 10.0 Å². The second-order valence-corrected chi connectivity index (χ2v) is 7.34. The third kappa shape index (κ3) is 3.44. The highest BCUT2D eigenvalue weighted by Gasteiger charge is 2.39. The Bertz CT molecular complexity index is 672. The predicted molar refractivity (Wildman–Crippen MR) is 81.2 cm³/mol. The van der Waals surface area contributed by atoms with Crippen molar-refractivity contribution in [1.82, 2.24) is 4.31 Å². The largest absolute Gasteiger partial charge is 0.378 e. The van der Waals surface area contributed by atoms with Gasteiger partial charge in [-0.2, -0.15) is 4.31 Å². The molecule has 1 heterocycles. The Morgan fingerprint density at radius 1 is 1.43 bits per heavy atom. The lowest BCUT2D eigenvalue weighted by atomic mass is 10.1. The maximum Gasteiger partial charge on any atom is 0.243 e. The molecule has 2 rings (SSSR count). The maximum absolute atomic E-state index is 12.8. The molecule has 0 spiro atoms. The average Bonchev–Trinajstić information content (AvgIpc) is 2.44. The van der Waals surface area contributed by atoms with E-state index in [4.69, 9.17) is 10.5 Å². The van der Waals surface area contributed by atoms with Crippen molar-refractivity contribution in [2.24, 2.45) is 5.73 Å². The van der Waals surface area contributed by atoms with Crippen LogP contribution in [0.2, 0.25) is 0 Å². The van der Waals surface area contributed by atoms with Gasteiger partial charge in [0.25, 0.3) is 0 Å². The number of rotatable bonds is 2. The summed E-state index contributed by atoms with van der Waals surface area (Å²) in [6, 6.07) is 6.64. The van der Waals surface area contributed by atoms with Crippen LogP contribution in [-0.4, -0.2) is 44.6 Å². The van der Waals surface area contributed by atoms with Crippen molar-refractivity contribution in [3.63, 3.8) is 0 Å². The van der Waals surface area contributed by atoms with Gasteiger partial charge in [0.15, 0.2) is 0 Å². The molecule has 0 atom stereocenters. The van der Waals surface area contributed by atoms with E-state index in [0.29, 0.717) is 25.3 Å². The van der Waals surface area contributed by atoms with Crippen LogP contribution in [0, 0.1) is 11.8 Å². The van der Waals surface area contributed by atoms with E-state index in [0.717, 1.165) is 0 Å². The number of hydrogen-bond donors (Lipinski definition) is 1. The zero-order valence-corrected chi connectivity index (χ0v) is 13.1. The van der Waals surface area contributed by atoms with Gasteiger partial charge in [-0.15, -0.1) is 0 Å². The lowest BCUT2D eigenvalue weighted by Gasteiger charge is -2.40. The highest BCUT2D eigenvalue weighted by Crippen LogP contribution is 2.27. The molecule has 0 amide bonds. The molecule has 6 heteroatoms. The fourth-order valence-corrected chi connectivity index (χ4v) is 4.10. The minimum atomic E-state index is -3.56. The fraction of sp³-hybridized carbons (Fsp3) is 0.467. The van der Waals surface area contributed by atoms with Crippen LogP contribution in [0.4, 0.5) is 0 Å². The lowest BCUT2D eigenvalue weighted by molar-refractivity contribution is -0.00770. The zero-order chi connectivity index (χ0) is 15.5. The Morgan fingerprint density at radius 3 is 2.86 bits per heavy atom. The Kier molecular flexibility index (Phi) is 4.69. The van der Waals surface area contributed by atoms with Crippen LogP contribution >= 0.6 is 0 Å². The SMILES string of the molecule is CC1(C)COCCN1S(=O)(=O)c1cccc(C#CCN)c1. The van der Waals surface area contributed by atoms with Crippen molar-refractivity contribution in [2.75, 3.05) is 26.3 Å². The first-order valence-electron chi connectivity index (χ1n) is 6.77. The van der Waals surface area contributed by atoms with Crippen molar-refractivity contribution in [2.45, 2.75) is 24.3 Å². The Hall–Kier alpha value is -1.39. The summed E-state index contributed by atoms with van der Waals surface area (Å²) in [6.45, 7) is 5.12. The van der Waals surface area contributed by atoms with Gasteiger partial charge in [-0.3, -0.25) is 0 Å². The third-order valence-corrected chi connectivity index (χ3v) is 5.43. The number of benzene rings is 1. The first-order valence-corrected chi connectivity index (χ1v) is 8.21. The van der Waals surface area contributed by atoms with Crippen molar-refractivity contribution >= 4 is 10.0 Å². The summed E-state index contributed by atoms with van der Waals surface area (Å²) in [5, 5.41) is 0. The van der Waals surface area contributed by atoms with Crippen LogP contribution in [0.1, 0.15) is 19.4 Å². The van der Waals surface area contributed by atoms with Crippen molar-refractivity contribution in [3.05, 3.63) is 29.8 Å². The van der Waals surface area contributed by atoms with E-state index >= 15 is 0 Å². The molecule has 1 aromatic carbocycles. The zero-order valence-electron chi connectivity index (χ0n) is 12.3. The highest BCUT2D eigenvalue weighted by atomic mass is 32.2. The molecule has 1 aliphatic rings. The van der Waals surface area contributed by atoms with Gasteiger partial charge in [-0.25, -0.2) is 8.42 Å². The van der Waals surface area contributed by atoms with E-state index in [1.165, 1.54) is 4.31 Å². The molecular weight excluding hydrogens is 288 g/mol. The van der Waals surface area contributed by atoms with Crippen molar-refractivity contribution in [1.29, 1.82) is 0 Å². The molecule has 21 heavy (non-hydrogen) atoms. The third-order valence-electron chi connectivity index (χ3n) is 3.33. The molecule has 114 valence electrons. The predicted octanol–water partition coefficient (Wildman–Crippen LogP) is 0.796. The molecule has 0 aliphatic carbocycles. The number of nitrogens with zero attached hydrogens (tertiary/aromatic N) is 1. The quantitative estimate of drug-likeness (QED) is 0.820. The van der Waals surface area contributed by atoms with Crippen LogP contribution in [0.25, 0.3) is 0 Å². The average molecular weight is 308 g/mol.